The number of hydrogen-bond donors (Lipinski definition) is 1. The van der Waals surface area contributed by atoms with E-state index in [1.165, 1.54) is 37.3 Å². The lowest BCUT2D eigenvalue weighted by Gasteiger charge is -2.31. The monoisotopic (exact) mass is 384 g/mol. The molecule has 0 saturated carbocycles. The number of nitrogens with zero attached hydrogens (tertiary/aromatic N) is 1. The van der Waals surface area contributed by atoms with E-state index in [-0.39, 0.29) is 18.4 Å². The molecule has 1 heterocycles. The van der Waals surface area contributed by atoms with Crippen molar-refractivity contribution in [2.24, 2.45) is 0 Å². The zero-order valence-electron chi connectivity index (χ0n) is 15.7. The summed E-state index contributed by atoms with van der Waals surface area (Å²) in [6.07, 6.45) is -0.892. The molecule has 0 aromatic heterocycles. The molecule has 0 radical (unpaired) electrons. The minimum Gasteiger partial charge on any atom is -0.493 e. The number of ether oxygens (including phenoxy) is 3. The number of amides is 2. The molecule has 1 aliphatic rings. The fraction of sp³-hybridized carbons (Fsp3) is 0.250. The Labute approximate surface area is 162 Å². The number of rotatable bonds is 5. The van der Waals surface area contributed by atoms with Crippen LogP contribution in [0.1, 0.15) is 17.3 Å². The first-order valence-electron chi connectivity index (χ1n) is 8.58. The van der Waals surface area contributed by atoms with E-state index in [9.17, 15) is 14.4 Å². The highest BCUT2D eigenvalue weighted by molar-refractivity contribution is 6.10. The predicted octanol–water partition coefficient (Wildman–Crippen LogP) is 2.23. The first-order valence-corrected chi connectivity index (χ1v) is 8.58. The first kappa shape index (κ1) is 19.2. The third-order valence-corrected chi connectivity index (χ3v) is 4.27. The minimum absolute atomic E-state index is 0.0953. The molecular weight excluding hydrogens is 364 g/mol. The summed E-state index contributed by atoms with van der Waals surface area (Å²) < 4.78 is 15.7. The average Bonchev–Trinajstić information content (AvgIpc) is 2.72. The summed E-state index contributed by atoms with van der Waals surface area (Å²) in [5.74, 6) is -0.573. The molecule has 0 bridgehead atoms. The Morgan fingerprint density at radius 3 is 2.57 bits per heavy atom. The molecule has 1 N–H and O–H groups in total. The number of nitrogens with one attached hydrogen (secondary N) is 1. The predicted molar refractivity (Wildman–Crippen MR) is 102 cm³/mol. The largest absolute Gasteiger partial charge is 0.493 e. The lowest BCUT2D eigenvalue weighted by Crippen LogP contribution is -2.47. The second kappa shape index (κ2) is 7.99. The van der Waals surface area contributed by atoms with E-state index < -0.39 is 12.1 Å². The van der Waals surface area contributed by atoms with Crippen LogP contribution in [0.5, 0.6) is 11.5 Å². The van der Waals surface area contributed by atoms with Gasteiger partial charge in [-0.3, -0.25) is 14.5 Å². The van der Waals surface area contributed by atoms with Crippen molar-refractivity contribution in [3.05, 3.63) is 48.0 Å². The zero-order chi connectivity index (χ0) is 20.3. The number of carbonyl (C=O) groups excluding carboxylic acids is 3. The zero-order valence-corrected chi connectivity index (χ0v) is 15.7. The van der Waals surface area contributed by atoms with Gasteiger partial charge in [-0.2, -0.15) is 0 Å². The molecule has 0 aliphatic carbocycles. The quantitative estimate of drug-likeness (QED) is 0.795. The van der Waals surface area contributed by atoms with Gasteiger partial charge in [0.25, 0.3) is 5.91 Å². The maximum absolute atomic E-state index is 12.9. The highest BCUT2D eigenvalue weighted by Crippen LogP contribution is 2.32. The molecule has 3 rings (SSSR count). The van der Waals surface area contributed by atoms with E-state index in [4.69, 9.17) is 9.47 Å². The summed E-state index contributed by atoms with van der Waals surface area (Å²) in [5.41, 5.74) is 1.47. The number of esters is 1. The van der Waals surface area contributed by atoms with Gasteiger partial charge in [0, 0.05) is 0 Å². The van der Waals surface area contributed by atoms with Crippen molar-refractivity contribution in [2.75, 3.05) is 31.0 Å². The van der Waals surface area contributed by atoms with Gasteiger partial charge >= 0.3 is 5.97 Å². The van der Waals surface area contributed by atoms with Crippen LogP contribution in [0.25, 0.3) is 0 Å². The summed E-state index contributed by atoms with van der Waals surface area (Å²) in [7, 11) is 2.72. The van der Waals surface area contributed by atoms with E-state index in [0.717, 1.165) is 0 Å². The summed E-state index contributed by atoms with van der Waals surface area (Å²) in [4.78, 5) is 37.9. The van der Waals surface area contributed by atoms with E-state index >= 15 is 0 Å². The number of benzene rings is 2. The second-order valence-electron chi connectivity index (χ2n) is 6.11. The van der Waals surface area contributed by atoms with Gasteiger partial charge in [0.05, 0.1) is 31.2 Å². The van der Waals surface area contributed by atoms with Crippen molar-refractivity contribution < 1.29 is 28.6 Å². The van der Waals surface area contributed by atoms with E-state index in [0.29, 0.717) is 28.4 Å². The van der Waals surface area contributed by atoms with Crippen molar-refractivity contribution in [3.63, 3.8) is 0 Å². The summed E-state index contributed by atoms with van der Waals surface area (Å²) >= 11 is 0. The second-order valence-corrected chi connectivity index (χ2v) is 6.11. The molecule has 2 aromatic carbocycles. The Morgan fingerprint density at radius 2 is 1.86 bits per heavy atom. The van der Waals surface area contributed by atoms with Crippen LogP contribution in [0.4, 0.5) is 11.4 Å². The molecule has 28 heavy (non-hydrogen) atoms. The molecule has 2 amide bonds. The van der Waals surface area contributed by atoms with Gasteiger partial charge < -0.3 is 19.5 Å². The Kier molecular flexibility index (Phi) is 5.49. The Bertz CT molecular complexity index is 927. The number of para-hydroxylation sites is 2. The van der Waals surface area contributed by atoms with Crippen molar-refractivity contribution in [3.8, 4) is 11.5 Å². The summed E-state index contributed by atoms with van der Waals surface area (Å²) in [5, 5.41) is 2.74. The molecule has 0 saturated heterocycles. The van der Waals surface area contributed by atoms with Crippen LogP contribution in [0.3, 0.4) is 0 Å². The topological polar surface area (TPSA) is 94.2 Å². The smallest absolute Gasteiger partial charge is 0.337 e. The van der Waals surface area contributed by atoms with Gasteiger partial charge in [0.2, 0.25) is 5.91 Å². The van der Waals surface area contributed by atoms with Crippen molar-refractivity contribution in [1.29, 1.82) is 0 Å². The SMILES string of the molecule is COC(=O)c1ccc(O[C@H](C)C(=O)N2CC(=O)Nc3ccccc32)c(OC)c1. The third kappa shape index (κ3) is 3.75. The van der Waals surface area contributed by atoms with Gasteiger partial charge in [-0.15, -0.1) is 0 Å². The van der Waals surface area contributed by atoms with Crippen LogP contribution in [0, 0.1) is 0 Å². The van der Waals surface area contributed by atoms with Gasteiger partial charge in [-0.05, 0) is 37.3 Å². The number of methoxy groups -OCH3 is 2. The van der Waals surface area contributed by atoms with Gasteiger partial charge in [-0.1, -0.05) is 12.1 Å². The minimum atomic E-state index is -0.892. The molecule has 0 fully saturated rings. The number of anilines is 2. The van der Waals surface area contributed by atoms with Crippen LogP contribution in [-0.4, -0.2) is 44.7 Å². The third-order valence-electron chi connectivity index (χ3n) is 4.27. The van der Waals surface area contributed by atoms with Crippen molar-refractivity contribution in [2.45, 2.75) is 13.0 Å². The van der Waals surface area contributed by atoms with Gasteiger partial charge in [0.15, 0.2) is 17.6 Å². The van der Waals surface area contributed by atoms with E-state index in [2.05, 4.69) is 10.1 Å². The normalized spacial score (nSPS) is 13.8. The maximum Gasteiger partial charge on any atom is 0.337 e. The highest BCUT2D eigenvalue weighted by Gasteiger charge is 2.31. The molecule has 8 nitrogen and oxygen atoms in total. The first-order chi connectivity index (χ1) is 13.4. The highest BCUT2D eigenvalue weighted by atomic mass is 16.5. The van der Waals surface area contributed by atoms with Gasteiger partial charge in [-0.25, -0.2) is 4.79 Å². The average molecular weight is 384 g/mol. The lowest BCUT2D eigenvalue weighted by molar-refractivity contribution is -0.126. The summed E-state index contributed by atoms with van der Waals surface area (Å²) in [6.45, 7) is 1.49. The fourth-order valence-electron chi connectivity index (χ4n) is 2.90. The maximum atomic E-state index is 12.9. The molecular formula is C20H20N2O6. The molecule has 1 aliphatic heterocycles. The van der Waals surface area contributed by atoms with Crippen LogP contribution < -0.4 is 19.7 Å². The summed E-state index contributed by atoms with van der Waals surface area (Å²) in [6, 6.07) is 11.6. The van der Waals surface area contributed by atoms with Crippen molar-refractivity contribution in [1.82, 2.24) is 0 Å². The van der Waals surface area contributed by atoms with Crippen LogP contribution in [0.2, 0.25) is 0 Å². The van der Waals surface area contributed by atoms with Crippen LogP contribution in [-0.2, 0) is 14.3 Å². The van der Waals surface area contributed by atoms with Gasteiger partial charge in [0.1, 0.15) is 6.54 Å². The van der Waals surface area contributed by atoms with Crippen LogP contribution in [0.15, 0.2) is 42.5 Å². The molecule has 0 spiro atoms. The standard InChI is InChI=1S/C20H20N2O6/c1-12(28-16-9-8-13(20(25)27-3)10-17(16)26-2)19(24)22-11-18(23)21-14-6-4-5-7-15(14)22/h4-10,12H,11H2,1-3H3,(H,21,23)/t12-/m1/s1. The fourth-order valence-corrected chi connectivity index (χ4v) is 2.90. The Morgan fingerprint density at radius 1 is 1.11 bits per heavy atom. The molecule has 2 aromatic rings. The lowest BCUT2D eigenvalue weighted by atomic mass is 10.1. The van der Waals surface area contributed by atoms with Crippen LogP contribution >= 0.6 is 0 Å². The molecule has 8 heteroatoms. The van der Waals surface area contributed by atoms with E-state index in [1.807, 2.05) is 0 Å². The Hall–Kier alpha value is -3.55. The number of hydrogen-bond acceptors (Lipinski definition) is 6. The molecule has 0 unspecified atom stereocenters. The van der Waals surface area contributed by atoms with Crippen molar-refractivity contribution >= 4 is 29.2 Å². The Balaban J connectivity index is 1.82. The van der Waals surface area contributed by atoms with E-state index in [1.54, 1.807) is 31.2 Å². The number of carbonyl (C=O) groups is 3. The number of fused-ring (bicyclic) bond motifs is 1. The molecule has 1 atom stereocenters. The molecule has 146 valence electrons.